The molecule has 0 radical (unpaired) electrons. The van der Waals surface area contributed by atoms with Crippen LogP contribution in [-0.4, -0.2) is 48.3 Å². The van der Waals surface area contributed by atoms with Crippen molar-refractivity contribution in [1.29, 1.82) is 0 Å². The number of nitrogens with one attached hydrogen (secondary N) is 1. The Bertz CT molecular complexity index is 507. The summed E-state index contributed by atoms with van der Waals surface area (Å²) >= 11 is 4.92. The minimum absolute atomic E-state index is 0.141. The fourth-order valence-electron chi connectivity index (χ4n) is 1.95. The van der Waals surface area contributed by atoms with Crippen molar-refractivity contribution in [2.45, 2.75) is 12.6 Å². The summed E-state index contributed by atoms with van der Waals surface area (Å²) in [5.41, 5.74) is 0. The van der Waals surface area contributed by atoms with Gasteiger partial charge in [0.2, 0.25) is 0 Å². The Morgan fingerprint density at radius 2 is 2.35 bits per heavy atom. The number of carbonyl (C=O) groups excluding carboxylic acids is 1. The average molecular weight is 363 g/mol. The van der Waals surface area contributed by atoms with Crippen LogP contribution in [0.1, 0.15) is 4.88 Å². The molecule has 8 heteroatoms. The molecule has 1 aromatic heterocycles. The van der Waals surface area contributed by atoms with Crippen LogP contribution in [0.2, 0.25) is 0 Å². The van der Waals surface area contributed by atoms with Crippen molar-refractivity contribution in [2.24, 2.45) is 5.92 Å². The van der Waals surface area contributed by atoms with Gasteiger partial charge in [-0.15, -0.1) is 11.3 Å². The van der Waals surface area contributed by atoms with E-state index in [2.05, 4.69) is 21.2 Å². The zero-order valence-electron chi connectivity index (χ0n) is 10.8. The van der Waals surface area contributed by atoms with Crippen LogP contribution in [-0.2, 0) is 16.1 Å². The van der Waals surface area contributed by atoms with Crippen LogP contribution in [0.15, 0.2) is 15.9 Å². The molecule has 0 aliphatic carbocycles. The number of halogens is 1. The van der Waals surface area contributed by atoms with Gasteiger partial charge in [0.1, 0.15) is 5.92 Å². The fraction of sp³-hybridized carbons (Fsp3) is 0.500. The van der Waals surface area contributed by atoms with Crippen LogP contribution in [0.4, 0.5) is 4.79 Å². The maximum atomic E-state index is 12.0. The first-order chi connectivity index (χ1) is 9.47. The maximum Gasteiger partial charge on any atom is 0.317 e. The van der Waals surface area contributed by atoms with E-state index < -0.39 is 17.9 Å². The molecular weight excluding hydrogens is 348 g/mol. The summed E-state index contributed by atoms with van der Waals surface area (Å²) < 4.78 is 6.10. The molecule has 110 valence electrons. The zero-order chi connectivity index (χ0) is 14.7. The smallest absolute Gasteiger partial charge is 0.317 e. The lowest BCUT2D eigenvalue weighted by Crippen LogP contribution is -2.47. The molecule has 1 fully saturated rings. The third-order valence-corrected chi connectivity index (χ3v) is 4.75. The van der Waals surface area contributed by atoms with Crippen molar-refractivity contribution >= 4 is 39.3 Å². The largest absolute Gasteiger partial charge is 0.481 e. The van der Waals surface area contributed by atoms with Crippen molar-refractivity contribution in [1.82, 2.24) is 10.2 Å². The monoisotopic (exact) mass is 362 g/mol. The Balaban J connectivity index is 1.89. The van der Waals surface area contributed by atoms with E-state index >= 15 is 0 Å². The Morgan fingerprint density at radius 3 is 2.95 bits per heavy atom. The van der Waals surface area contributed by atoms with E-state index in [0.717, 1.165) is 9.35 Å². The molecule has 0 aromatic carbocycles. The molecule has 2 rings (SSSR count). The van der Waals surface area contributed by atoms with E-state index in [-0.39, 0.29) is 19.2 Å². The van der Waals surface area contributed by atoms with Crippen LogP contribution in [0.5, 0.6) is 0 Å². The number of hydrogen-bond donors (Lipinski definition) is 2. The molecule has 2 N–H and O–H groups in total. The number of carbonyl (C=O) groups is 2. The van der Waals surface area contributed by atoms with Gasteiger partial charge in [-0.1, -0.05) is 0 Å². The molecule has 0 saturated carbocycles. The number of hydrogen-bond acceptors (Lipinski definition) is 4. The number of aliphatic carboxylic acids is 1. The van der Waals surface area contributed by atoms with Crippen molar-refractivity contribution in [3.63, 3.8) is 0 Å². The Hall–Kier alpha value is -1.12. The summed E-state index contributed by atoms with van der Waals surface area (Å²) in [6, 6.07) is 1.18. The van der Waals surface area contributed by atoms with Crippen LogP contribution in [0.25, 0.3) is 0 Å². The summed E-state index contributed by atoms with van der Waals surface area (Å²) in [6.45, 7) is 0.858. The number of carboxylic acid groups (broad SMARTS) is 1. The Kier molecular flexibility index (Phi) is 5.00. The zero-order valence-corrected chi connectivity index (χ0v) is 13.2. The van der Waals surface area contributed by atoms with Crippen molar-refractivity contribution in [3.8, 4) is 0 Å². The standard InChI is InChI=1S/C12H15BrN2O4S/c1-15(3-8-2-7(13)6-20-8)12(18)14-10-5-19-4-9(10)11(16)17/h2,6,9-10H,3-5H2,1H3,(H,14,18)(H,16,17). The highest BCUT2D eigenvalue weighted by Crippen LogP contribution is 2.21. The molecule has 1 aromatic rings. The summed E-state index contributed by atoms with van der Waals surface area (Å²) in [5, 5.41) is 13.7. The first-order valence-corrected chi connectivity index (χ1v) is 7.69. The predicted molar refractivity (Wildman–Crippen MR) is 77.8 cm³/mol. The lowest BCUT2D eigenvalue weighted by atomic mass is 10.0. The first kappa shape index (κ1) is 15.3. The first-order valence-electron chi connectivity index (χ1n) is 6.02. The van der Waals surface area contributed by atoms with Gasteiger partial charge in [-0.05, 0) is 22.0 Å². The van der Waals surface area contributed by atoms with E-state index in [0.29, 0.717) is 6.54 Å². The SMILES string of the molecule is CN(Cc1cc(Br)cs1)C(=O)NC1COCC1C(=O)O. The number of amides is 2. The van der Waals surface area contributed by atoms with E-state index in [1.54, 1.807) is 18.4 Å². The Morgan fingerprint density at radius 1 is 1.60 bits per heavy atom. The molecule has 20 heavy (non-hydrogen) atoms. The minimum Gasteiger partial charge on any atom is -0.481 e. The van der Waals surface area contributed by atoms with Gasteiger partial charge in [-0.3, -0.25) is 4.79 Å². The molecule has 0 bridgehead atoms. The second kappa shape index (κ2) is 6.55. The third kappa shape index (κ3) is 3.71. The summed E-state index contributed by atoms with van der Waals surface area (Å²) in [6.07, 6.45) is 0. The van der Waals surface area contributed by atoms with E-state index in [1.807, 2.05) is 11.4 Å². The van der Waals surface area contributed by atoms with Gasteiger partial charge in [-0.2, -0.15) is 0 Å². The van der Waals surface area contributed by atoms with Crippen molar-refractivity contribution in [3.05, 3.63) is 20.8 Å². The molecule has 2 atom stereocenters. The molecule has 6 nitrogen and oxygen atoms in total. The highest BCUT2D eigenvalue weighted by Gasteiger charge is 2.35. The molecule has 2 amide bonds. The van der Waals surface area contributed by atoms with E-state index in [1.165, 1.54) is 4.90 Å². The number of rotatable bonds is 4. The summed E-state index contributed by atoms with van der Waals surface area (Å²) in [5.74, 6) is -1.62. The summed E-state index contributed by atoms with van der Waals surface area (Å²) in [4.78, 5) is 25.6. The number of urea groups is 1. The normalized spacial score (nSPS) is 21.7. The van der Waals surface area contributed by atoms with E-state index in [9.17, 15) is 9.59 Å². The van der Waals surface area contributed by atoms with Crippen molar-refractivity contribution < 1.29 is 19.4 Å². The average Bonchev–Trinajstić information content (AvgIpc) is 2.98. The molecule has 2 unspecified atom stereocenters. The van der Waals surface area contributed by atoms with E-state index in [4.69, 9.17) is 9.84 Å². The number of carboxylic acids is 1. The van der Waals surface area contributed by atoms with Crippen molar-refractivity contribution in [2.75, 3.05) is 20.3 Å². The van der Waals surface area contributed by atoms with Gasteiger partial charge in [0.25, 0.3) is 0 Å². The van der Waals surface area contributed by atoms with Gasteiger partial charge in [0.15, 0.2) is 0 Å². The number of nitrogens with zero attached hydrogens (tertiary/aromatic N) is 1. The number of ether oxygens (including phenoxy) is 1. The lowest BCUT2D eigenvalue weighted by molar-refractivity contribution is -0.142. The third-order valence-electron chi connectivity index (χ3n) is 3.07. The molecule has 1 aliphatic rings. The topological polar surface area (TPSA) is 78.9 Å². The van der Waals surface area contributed by atoms with Gasteiger partial charge in [-0.25, -0.2) is 4.79 Å². The molecule has 1 saturated heterocycles. The lowest BCUT2D eigenvalue weighted by Gasteiger charge is -2.21. The van der Waals surface area contributed by atoms with Crippen LogP contribution >= 0.6 is 27.3 Å². The second-order valence-electron chi connectivity index (χ2n) is 4.63. The minimum atomic E-state index is -0.947. The fourth-order valence-corrected chi connectivity index (χ4v) is 3.45. The van der Waals surface area contributed by atoms with Gasteiger partial charge in [0, 0.05) is 21.8 Å². The van der Waals surface area contributed by atoms with Gasteiger partial charge >= 0.3 is 12.0 Å². The highest BCUT2D eigenvalue weighted by molar-refractivity contribution is 9.10. The highest BCUT2D eigenvalue weighted by atomic mass is 79.9. The Labute approximate surface area is 128 Å². The van der Waals surface area contributed by atoms with Crippen LogP contribution in [0, 0.1) is 5.92 Å². The van der Waals surface area contributed by atoms with Gasteiger partial charge in [0.05, 0.1) is 25.8 Å². The number of thiophene rings is 1. The molecule has 2 heterocycles. The summed E-state index contributed by atoms with van der Waals surface area (Å²) in [7, 11) is 1.68. The second-order valence-corrected chi connectivity index (χ2v) is 6.54. The van der Waals surface area contributed by atoms with Gasteiger partial charge < -0.3 is 20.1 Å². The maximum absolute atomic E-state index is 12.0. The van der Waals surface area contributed by atoms with Crippen LogP contribution in [0.3, 0.4) is 0 Å². The molecule has 1 aliphatic heterocycles. The quantitative estimate of drug-likeness (QED) is 0.855. The predicted octanol–water partition coefficient (Wildman–Crippen LogP) is 1.75. The molecule has 0 spiro atoms. The van der Waals surface area contributed by atoms with Crippen LogP contribution < -0.4 is 5.32 Å². The molecular formula is C12H15BrN2O4S.